The molecule has 3 aliphatic rings. The Hall–Kier alpha value is -1.13. The van der Waals surface area contributed by atoms with Crippen molar-refractivity contribution in [2.24, 2.45) is 28.7 Å². The number of nitrogens with one attached hydrogen (secondary N) is 1. The molecular formula is C22H44N6O11. The lowest BCUT2D eigenvalue weighted by molar-refractivity contribution is -0.329. The van der Waals surface area contributed by atoms with E-state index in [1.54, 1.807) is 6.92 Å². The zero-order chi connectivity index (χ0) is 29.2. The van der Waals surface area contributed by atoms with Gasteiger partial charge < -0.3 is 83.6 Å². The van der Waals surface area contributed by atoms with Crippen LogP contribution in [0.15, 0.2) is 0 Å². The molecule has 1 aliphatic carbocycles. The van der Waals surface area contributed by atoms with Gasteiger partial charge in [0.2, 0.25) is 5.91 Å². The van der Waals surface area contributed by atoms with E-state index in [0.717, 1.165) is 0 Å². The normalized spacial score (nSPS) is 47.9. The fourth-order valence-corrected chi connectivity index (χ4v) is 5.02. The highest BCUT2D eigenvalue weighted by atomic mass is 16.7. The first kappa shape index (κ1) is 32.4. The maximum Gasteiger partial charge on any atom is 0.249 e. The molecule has 3 rings (SSSR count). The molecule has 2 saturated heterocycles. The van der Waals surface area contributed by atoms with Crippen LogP contribution in [-0.2, 0) is 23.7 Å². The monoisotopic (exact) mass is 568 g/mol. The Morgan fingerprint density at radius 3 is 2.13 bits per heavy atom. The average Bonchev–Trinajstić information content (AvgIpc) is 2.90. The van der Waals surface area contributed by atoms with Gasteiger partial charge in [-0.2, -0.15) is 0 Å². The SMILES string of the molecule is C[C@@H]1O[C@H](O[C@@H]2[C@@H](O)[C@H](NC(=O)[C@@H](O)CCN)C[C@H](N)[C@H]2O[C@H]2O[C@H](CN)[C@@H](O)[C@H](O)[C@H]2N)[C@@H](O)[C@H](O)[C@H]1N. The molecule has 17 nitrogen and oxygen atoms in total. The van der Waals surface area contributed by atoms with Crippen molar-refractivity contribution in [3.05, 3.63) is 0 Å². The molecule has 0 aromatic heterocycles. The second-order valence-electron chi connectivity index (χ2n) is 10.4. The third-order valence-corrected chi connectivity index (χ3v) is 7.57. The van der Waals surface area contributed by atoms with Crippen LogP contribution in [-0.4, -0.2) is 147 Å². The molecule has 0 aromatic rings. The third kappa shape index (κ3) is 7.03. The van der Waals surface area contributed by atoms with Crippen LogP contribution in [0.5, 0.6) is 0 Å². The molecule has 0 bridgehead atoms. The standard InChI is InChI=1S/C22H44N6O11/c1-6-11(26)15(32)17(34)22(36-6)39-19-13(30)8(28-20(35)9(29)2-3-23)4-7(25)18(19)38-21-12(27)16(33)14(31)10(5-24)37-21/h6-19,21-22,29-34H,2-5,23-27H2,1H3,(H,28,35)/t6-,7-,8+,9-,10+,11-,12+,13-,14+,15+,16+,17-,18+,19+,21+,22+/m0/s1. The van der Waals surface area contributed by atoms with Gasteiger partial charge in [0, 0.05) is 12.6 Å². The molecular weight excluding hydrogens is 524 g/mol. The zero-order valence-electron chi connectivity index (χ0n) is 21.7. The van der Waals surface area contributed by atoms with Crippen LogP contribution < -0.4 is 34.0 Å². The molecule has 17 heteroatoms. The van der Waals surface area contributed by atoms with Gasteiger partial charge >= 0.3 is 0 Å². The molecule has 2 aliphatic heterocycles. The third-order valence-electron chi connectivity index (χ3n) is 7.57. The molecule has 0 radical (unpaired) electrons. The summed E-state index contributed by atoms with van der Waals surface area (Å²) in [4.78, 5) is 12.4. The highest BCUT2D eigenvalue weighted by Crippen LogP contribution is 2.32. The number of carbonyl (C=O) groups excluding carboxylic acids is 1. The van der Waals surface area contributed by atoms with Crippen molar-refractivity contribution in [2.45, 2.75) is 118 Å². The van der Waals surface area contributed by atoms with Crippen molar-refractivity contribution in [3.63, 3.8) is 0 Å². The minimum absolute atomic E-state index is 0.0160. The summed E-state index contributed by atoms with van der Waals surface area (Å²) in [5.41, 5.74) is 29.3. The number of amides is 1. The van der Waals surface area contributed by atoms with E-state index in [1.165, 1.54) is 0 Å². The Bertz CT molecular complexity index is 802. The number of aliphatic hydroxyl groups excluding tert-OH is 6. The molecule has 39 heavy (non-hydrogen) atoms. The van der Waals surface area contributed by atoms with Gasteiger partial charge in [0.15, 0.2) is 12.6 Å². The van der Waals surface area contributed by atoms with Crippen molar-refractivity contribution < 1.29 is 54.4 Å². The molecule has 228 valence electrons. The Morgan fingerprint density at radius 1 is 0.897 bits per heavy atom. The molecule has 3 fully saturated rings. The summed E-state index contributed by atoms with van der Waals surface area (Å²) in [6.07, 6.45) is -16.2. The predicted octanol–water partition coefficient (Wildman–Crippen LogP) is -7.43. The molecule has 17 N–H and O–H groups in total. The average molecular weight is 569 g/mol. The summed E-state index contributed by atoms with van der Waals surface area (Å²) in [6, 6.07) is -4.17. The number of hydrogen-bond acceptors (Lipinski definition) is 16. The number of aliphatic hydroxyl groups is 6. The highest BCUT2D eigenvalue weighted by molar-refractivity contribution is 5.80. The van der Waals surface area contributed by atoms with Gasteiger partial charge in [-0.15, -0.1) is 0 Å². The van der Waals surface area contributed by atoms with Gasteiger partial charge in [-0.3, -0.25) is 4.79 Å². The first-order valence-electron chi connectivity index (χ1n) is 13.0. The van der Waals surface area contributed by atoms with Crippen molar-refractivity contribution in [2.75, 3.05) is 13.1 Å². The number of ether oxygens (including phenoxy) is 4. The number of hydrogen-bond donors (Lipinski definition) is 12. The molecule has 1 saturated carbocycles. The van der Waals surface area contributed by atoms with Crippen LogP contribution in [0.1, 0.15) is 19.8 Å². The molecule has 1 amide bonds. The van der Waals surface area contributed by atoms with Crippen LogP contribution in [0.4, 0.5) is 0 Å². The van der Waals surface area contributed by atoms with E-state index in [2.05, 4.69) is 5.32 Å². The number of carbonyl (C=O) groups is 1. The van der Waals surface area contributed by atoms with Gasteiger partial charge in [-0.1, -0.05) is 0 Å². The van der Waals surface area contributed by atoms with Gasteiger partial charge in [0.05, 0.1) is 24.2 Å². The minimum atomic E-state index is -1.62. The molecule has 2 heterocycles. The zero-order valence-corrected chi connectivity index (χ0v) is 21.7. The molecule has 0 spiro atoms. The predicted molar refractivity (Wildman–Crippen MR) is 132 cm³/mol. The van der Waals surface area contributed by atoms with Crippen LogP contribution in [0.2, 0.25) is 0 Å². The quantitative estimate of drug-likeness (QED) is 0.123. The summed E-state index contributed by atoms with van der Waals surface area (Å²) < 4.78 is 23.2. The topological polar surface area (TPSA) is 318 Å². The van der Waals surface area contributed by atoms with E-state index in [0.29, 0.717) is 0 Å². The summed E-state index contributed by atoms with van der Waals surface area (Å²) in [6.45, 7) is 1.44. The second-order valence-corrected chi connectivity index (χ2v) is 10.4. The maximum atomic E-state index is 12.4. The Labute approximate surface area is 225 Å². The molecule has 0 aromatic carbocycles. The van der Waals surface area contributed by atoms with E-state index in [4.69, 9.17) is 47.6 Å². The van der Waals surface area contributed by atoms with Crippen molar-refractivity contribution in [3.8, 4) is 0 Å². The Kier molecular flexibility index (Phi) is 11.4. The summed E-state index contributed by atoms with van der Waals surface area (Å²) in [5, 5.41) is 65.2. The Morgan fingerprint density at radius 2 is 1.51 bits per heavy atom. The van der Waals surface area contributed by atoms with Gasteiger partial charge in [-0.25, -0.2) is 0 Å². The number of rotatable bonds is 9. The van der Waals surface area contributed by atoms with Crippen LogP contribution >= 0.6 is 0 Å². The fourth-order valence-electron chi connectivity index (χ4n) is 5.02. The lowest BCUT2D eigenvalue weighted by Gasteiger charge is -2.49. The first-order valence-corrected chi connectivity index (χ1v) is 13.0. The molecule has 0 unspecified atom stereocenters. The highest BCUT2D eigenvalue weighted by Gasteiger charge is 2.52. The van der Waals surface area contributed by atoms with Gasteiger partial charge in [0.1, 0.15) is 54.9 Å². The van der Waals surface area contributed by atoms with E-state index >= 15 is 0 Å². The summed E-state index contributed by atoms with van der Waals surface area (Å²) in [5.74, 6) is -0.792. The van der Waals surface area contributed by atoms with Crippen LogP contribution in [0, 0.1) is 0 Å². The number of nitrogens with two attached hydrogens (primary N) is 5. The van der Waals surface area contributed by atoms with Crippen molar-refractivity contribution in [1.29, 1.82) is 0 Å². The van der Waals surface area contributed by atoms with E-state index in [1.807, 2.05) is 0 Å². The Balaban J connectivity index is 1.86. The maximum absolute atomic E-state index is 12.4. The second kappa shape index (κ2) is 13.7. The smallest absolute Gasteiger partial charge is 0.249 e. The van der Waals surface area contributed by atoms with Crippen LogP contribution in [0.25, 0.3) is 0 Å². The summed E-state index contributed by atoms with van der Waals surface area (Å²) in [7, 11) is 0. The van der Waals surface area contributed by atoms with Crippen molar-refractivity contribution in [1.82, 2.24) is 5.32 Å². The minimum Gasteiger partial charge on any atom is -0.388 e. The first-order chi connectivity index (χ1) is 18.3. The van der Waals surface area contributed by atoms with Crippen LogP contribution in [0.3, 0.4) is 0 Å². The molecule has 16 atom stereocenters. The largest absolute Gasteiger partial charge is 0.388 e. The van der Waals surface area contributed by atoms with E-state index < -0.39 is 104 Å². The lowest BCUT2D eigenvalue weighted by atomic mass is 9.83. The van der Waals surface area contributed by atoms with Gasteiger partial charge in [-0.05, 0) is 26.3 Å². The van der Waals surface area contributed by atoms with E-state index in [-0.39, 0.29) is 25.9 Å². The lowest BCUT2D eigenvalue weighted by Crippen LogP contribution is -2.70. The van der Waals surface area contributed by atoms with Gasteiger partial charge in [0.25, 0.3) is 0 Å². The van der Waals surface area contributed by atoms with Crippen molar-refractivity contribution >= 4 is 5.91 Å². The fraction of sp³-hybridized carbons (Fsp3) is 0.955. The van der Waals surface area contributed by atoms with E-state index in [9.17, 15) is 35.4 Å². The summed E-state index contributed by atoms with van der Waals surface area (Å²) >= 11 is 0.